The molecule has 0 atom stereocenters. The van der Waals surface area contributed by atoms with E-state index in [2.05, 4.69) is 5.32 Å². The van der Waals surface area contributed by atoms with Crippen LogP contribution in [0.2, 0.25) is 0 Å². The van der Waals surface area contributed by atoms with Crippen LogP contribution in [0.4, 0.5) is 10.1 Å². The van der Waals surface area contributed by atoms with Crippen LogP contribution >= 0.6 is 0 Å². The maximum atomic E-state index is 13.5. The number of benzene rings is 3. The van der Waals surface area contributed by atoms with E-state index in [4.69, 9.17) is 9.47 Å². The predicted octanol–water partition coefficient (Wildman–Crippen LogP) is 4.56. The number of halogens is 1. The smallest absolute Gasteiger partial charge is 0.278 e. The fourth-order valence-corrected chi connectivity index (χ4v) is 3.89. The maximum Gasteiger partial charge on any atom is 0.278 e. The lowest BCUT2D eigenvalue weighted by Crippen LogP contribution is -2.32. The van der Waals surface area contributed by atoms with Crippen molar-refractivity contribution in [1.82, 2.24) is 4.90 Å². The normalized spacial score (nSPS) is 14.9. The Balaban J connectivity index is 1.54. The average Bonchev–Trinajstić information content (AvgIpc) is 3.35. The highest BCUT2D eigenvalue weighted by molar-refractivity contribution is 6.36. The summed E-state index contributed by atoms with van der Waals surface area (Å²) in [6.07, 6.45) is 0. The SMILES string of the molecule is Cc1ccc(C2=C(Nc3ccc4c(c3)OCO4)C(=O)N(Cc3ccc(F)cc3)C2=O)cc1C. The second-order valence-electron chi connectivity index (χ2n) is 8.06. The van der Waals surface area contributed by atoms with Gasteiger partial charge in [-0.15, -0.1) is 0 Å². The Bertz CT molecular complexity index is 1310. The number of carbonyl (C=O) groups is 2. The van der Waals surface area contributed by atoms with Gasteiger partial charge < -0.3 is 14.8 Å². The molecule has 0 unspecified atom stereocenters. The first-order chi connectivity index (χ1) is 15.9. The van der Waals surface area contributed by atoms with Gasteiger partial charge in [0.15, 0.2) is 11.5 Å². The van der Waals surface area contributed by atoms with Crippen molar-refractivity contribution < 1.29 is 23.5 Å². The minimum atomic E-state index is -0.449. The highest BCUT2D eigenvalue weighted by Crippen LogP contribution is 2.37. The van der Waals surface area contributed by atoms with Gasteiger partial charge in [0.05, 0.1) is 12.1 Å². The van der Waals surface area contributed by atoms with E-state index >= 15 is 0 Å². The van der Waals surface area contributed by atoms with Gasteiger partial charge in [-0.25, -0.2) is 4.39 Å². The molecule has 2 aliphatic heterocycles. The summed E-state index contributed by atoms with van der Waals surface area (Å²) >= 11 is 0. The summed E-state index contributed by atoms with van der Waals surface area (Å²) in [6, 6.07) is 16.7. The fraction of sp³-hybridized carbons (Fsp3) is 0.154. The number of anilines is 1. The van der Waals surface area contributed by atoms with Crippen molar-refractivity contribution in [3.8, 4) is 11.5 Å². The van der Waals surface area contributed by atoms with Crippen LogP contribution in [0, 0.1) is 19.7 Å². The zero-order valence-electron chi connectivity index (χ0n) is 18.1. The van der Waals surface area contributed by atoms with Crippen LogP contribution < -0.4 is 14.8 Å². The molecule has 0 aliphatic carbocycles. The molecule has 7 heteroatoms. The largest absolute Gasteiger partial charge is 0.454 e. The molecule has 0 fully saturated rings. The predicted molar refractivity (Wildman–Crippen MR) is 121 cm³/mol. The van der Waals surface area contributed by atoms with E-state index in [0.29, 0.717) is 33.9 Å². The summed E-state index contributed by atoms with van der Waals surface area (Å²) in [5, 5.41) is 3.13. The van der Waals surface area contributed by atoms with Crippen molar-refractivity contribution in [3.63, 3.8) is 0 Å². The van der Waals surface area contributed by atoms with E-state index < -0.39 is 11.8 Å². The molecule has 3 aromatic carbocycles. The molecule has 2 amide bonds. The minimum Gasteiger partial charge on any atom is -0.454 e. The molecule has 5 rings (SSSR count). The number of carbonyl (C=O) groups excluding carboxylic acids is 2. The molecule has 3 aromatic rings. The topological polar surface area (TPSA) is 67.9 Å². The van der Waals surface area contributed by atoms with Crippen molar-refractivity contribution in [2.75, 3.05) is 12.1 Å². The van der Waals surface area contributed by atoms with Crippen molar-refractivity contribution in [1.29, 1.82) is 0 Å². The van der Waals surface area contributed by atoms with Crippen LogP contribution in [0.3, 0.4) is 0 Å². The highest BCUT2D eigenvalue weighted by Gasteiger charge is 2.39. The van der Waals surface area contributed by atoms with Crippen molar-refractivity contribution >= 4 is 23.1 Å². The summed E-state index contributed by atoms with van der Waals surface area (Å²) in [5.41, 5.74) is 4.49. The third-order valence-electron chi connectivity index (χ3n) is 5.86. The number of imide groups is 1. The van der Waals surface area contributed by atoms with Gasteiger partial charge in [-0.05, 0) is 60.4 Å². The molecular formula is C26H21FN2O4. The van der Waals surface area contributed by atoms with Gasteiger partial charge in [0.1, 0.15) is 11.5 Å². The Kier molecular flexibility index (Phi) is 5.09. The van der Waals surface area contributed by atoms with E-state index in [0.717, 1.165) is 11.1 Å². The molecule has 2 heterocycles. The van der Waals surface area contributed by atoms with Crippen molar-refractivity contribution in [2.24, 2.45) is 0 Å². The molecule has 0 aromatic heterocycles. The number of ether oxygens (including phenoxy) is 2. The third-order valence-corrected chi connectivity index (χ3v) is 5.86. The molecule has 0 saturated heterocycles. The van der Waals surface area contributed by atoms with Gasteiger partial charge in [-0.1, -0.05) is 30.3 Å². The lowest BCUT2D eigenvalue weighted by molar-refractivity contribution is -0.137. The number of fused-ring (bicyclic) bond motifs is 1. The molecule has 0 radical (unpaired) electrons. The minimum absolute atomic E-state index is 0.0403. The van der Waals surface area contributed by atoms with Crippen LogP contribution in [0.15, 0.2) is 66.4 Å². The molecule has 6 nitrogen and oxygen atoms in total. The van der Waals surface area contributed by atoms with Crippen LogP contribution in [0.1, 0.15) is 22.3 Å². The monoisotopic (exact) mass is 444 g/mol. The summed E-state index contributed by atoms with van der Waals surface area (Å²) in [5.74, 6) is -0.0491. The number of hydrogen-bond acceptors (Lipinski definition) is 5. The Morgan fingerprint density at radius 3 is 2.39 bits per heavy atom. The second kappa shape index (κ2) is 8.09. The van der Waals surface area contributed by atoms with E-state index in [9.17, 15) is 14.0 Å². The molecular weight excluding hydrogens is 423 g/mol. The van der Waals surface area contributed by atoms with E-state index in [1.807, 2.05) is 32.0 Å². The van der Waals surface area contributed by atoms with Gasteiger partial charge in [0.25, 0.3) is 11.8 Å². The van der Waals surface area contributed by atoms with E-state index in [1.54, 1.807) is 30.3 Å². The van der Waals surface area contributed by atoms with E-state index in [1.165, 1.54) is 17.0 Å². The summed E-state index contributed by atoms with van der Waals surface area (Å²) < 4.78 is 24.1. The average molecular weight is 444 g/mol. The molecule has 0 spiro atoms. The Hall–Kier alpha value is -4.13. The standard InChI is InChI=1S/C26H21FN2O4/c1-15-3-6-18(11-16(15)2)23-24(28-20-9-10-21-22(12-20)33-14-32-21)26(31)29(25(23)30)13-17-4-7-19(27)8-5-17/h3-12,28H,13-14H2,1-2H3. The highest BCUT2D eigenvalue weighted by atomic mass is 19.1. The molecule has 0 saturated carbocycles. The van der Waals surface area contributed by atoms with Gasteiger partial charge in [0.2, 0.25) is 6.79 Å². The first-order valence-corrected chi connectivity index (χ1v) is 10.5. The van der Waals surface area contributed by atoms with Gasteiger partial charge in [-0.3, -0.25) is 14.5 Å². The quantitative estimate of drug-likeness (QED) is 0.585. The number of rotatable bonds is 5. The lowest BCUT2D eigenvalue weighted by atomic mass is 9.99. The number of aryl methyl sites for hydroxylation is 2. The van der Waals surface area contributed by atoms with Crippen LogP contribution in [-0.4, -0.2) is 23.5 Å². The molecule has 2 aliphatic rings. The number of nitrogens with one attached hydrogen (secondary N) is 1. The van der Waals surface area contributed by atoms with Crippen molar-refractivity contribution in [2.45, 2.75) is 20.4 Å². The number of nitrogens with zero attached hydrogens (tertiary/aromatic N) is 1. The van der Waals surface area contributed by atoms with Crippen LogP contribution in [0.5, 0.6) is 11.5 Å². The molecule has 1 N–H and O–H groups in total. The van der Waals surface area contributed by atoms with Crippen LogP contribution in [0.25, 0.3) is 5.57 Å². The fourth-order valence-electron chi connectivity index (χ4n) is 3.89. The Labute approximate surface area is 190 Å². The number of amides is 2. The Morgan fingerprint density at radius 2 is 1.64 bits per heavy atom. The lowest BCUT2D eigenvalue weighted by Gasteiger charge is -2.15. The summed E-state index contributed by atoms with van der Waals surface area (Å²) in [6.45, 7) is 4.13. The van der Waals surface area contributed by atoms with Gasteiger partial charge in [0, 0.05) is 11.8 Å². The third kappa shape index (κ3) is 3.82. The van der Waals surface area contributed by atoms with Gasteiger partial charge in [-0.2, -0.15) is 0 Å². The first kappa shape index (κ1) is 20.8. The van der Waals surface area contributed by atoms with Gasteiger partial charge >= 0.3 is 0 Å². The number of hydrogen-bond donors (Lipinski definition) is 1. The molecule has 33 heavy (non-hydrogen) atoms. The maximum absolute atomic E-state index is 13.5. The zero-order chi connectivity index (χ0) is 23.1. The Morgan fingerprint density at radius 1 is 0.879 bits per heavy atom. The summed E-state index contributed by atoms with van der Waals surface area (Å²) in [7, 11) is 0. The van der Waals surface area contributed by atoms with E-state index in [-0.39, 0.29) is 24.9 Å². The molecule has 166 valence electrons. The second-order valence-corrected chi connectivity index (χ2v) is 8.06. The summed E-state index contributed by atoms with van der Waals surface area (Å²) in [4.78, 5) is 28.0. The molecule has 0 bridgehead atoms. The van der Waals surface area contributed by atoms with Crippen molar-refractivity contribution in [3.05, 3.63) is 94.4 Å². The zero-order valence-corrected chi connectivity index (χ0v) is 18.1. The first-order valence-electron chi connectivity index (χ1n) is 10.5. The van der Waals surface area contributed by atoms with Crippen LogP contribution in [-0.2, 0) is 16.1 Å².